The highest BCUT2D eigenvalue weighted by Gasteiger charge is 2.28. The minimum atomic E-state index is 0.382. The third kappa shape index (κ3) is 3.01. The van der Waals surface area contributed by atoms with E-state index < -0.39 is 0 Å². The quantitative estimate of drug-likeness (QED) is 0.877. The number of rotatable bonds is 5. The van der Waals surface area contributed by atoms with Gasteiger partial charge in [0.15, 0.2) is 0 Å². The molecule has 19 heavy (non-hydrogen) atoms. The first-order valence-corrected chi connectivity index (χ1v) is 7.71. The Hall–Kier alpha value is -0.860. The molecule has 1 aliphatic rings. The first-order chi connectivity index (χ1) is 9.19. The van der Waals surface area contributed by atoms with E-state index in [-0.39, 0.29) is 0 Å². The Labute approximate surface area is 118 Å². The molecule has 0 aliphatic heterocycles. The van der Waals surface area contributed by atoms with Gasteiger partial charge in [-0.25, -0.2) is 0 Å². The van der Waals surface area contributed by atoms with Crippen molar-refractivity contribution >= 4 is 0 Å². The zero-order valence-electron chi connectivity index (χ0n) is 12.7. The zero-order valence-corrected chi connectivity index (χ0v) is 12.7. The molecule has 1 unspecified atom stereocenters. The van der Waals surface area contributed by atoms with Crippen LogP contribution in [0.4, 0.5) is 0 Å². The van der Waals surface area contributed by atoms with Crippen molar-refractivity contribution in [1.82, 2.24) is 4.90 Å². The molecule has 1 aromatic carbocycles. The largest absolute Gasteiger partial charge is 0.329 e. The van der Waals surface area contributed by atoms with Crippen LogP contribution in [0.3, 0.4) is 0 Å². The number of hydrogen-bond acceptors (Lipinski definition) is 2. The number of nitrogens with two attached hydrogens (primary N) is 1. The number of likely N-dealkylation sites (N-methyl/N-ethyl adjacent to an activating group) is 1. The second kappa shape index (κ2) is 6.53. The van der Waals surface area contributed by atoms with E-state index in [1.807, 2.05) is 0 Å². The van der Waals surface area contributed by atoms with Gasteiger partial charge in [0.2, 0.25) is 0 Å². The van der Waals surface area contributed by atoms with Crippen LogP contribution in [0.1, 0.15) is 55.3 Å². The van der Waals surface area contributed by atoms with Crippen molar-refractivity contribution in [3.63, 3.8) is 0 Å². The SMILES string of the molecule is CCN(C1CCCC1)C(CN)c1cccc(C)c1C. The highest BCUT2D eigenvalue weighted by atomic mass is 15.2. The first-order valence-electron chi connectivity index (χ1n) is 7.71. The van der Waals surface area contributed by atoms with Gasteiger partial charge in [-0.1, -0.05) is 38.0 Å². The summed E-state index contributed by atoms with van der Waals surface area (Å²) in [7, 11) is 0. The standard InChI is InChI=1S/C17H28N2/c1-4-19(15-9-5-6-10-15)17(12-18)16-11-7-8-13(2)14(16)3/h7-8,11,15,17H,4-6,9-10,12,18H2,1-3H3. The third-order valence-corrected chi connectivity index (χ3v) is 4.79. The highest BCUT2D eigenvalue weighted by Crippen LogP contribution is 2.32. The maximum Gasteiger partial charge on any atom is 0.0475 e. The second-order valence-electron chi connectivity index (χ2n) is 5.81. The molecule has 0 aromatic heterocycles. The molecule has 106 valence electrons. The molecule has 1 aromatic rings. The van der Waals surface area contributed by atoms with Crippen LogP contribution in [-0.2, 0) is 0 Å². The van der Waals surface area contributed by atoms with Crippen molar-refractivity contribution in [1.29, 1.82) is 0 Å². The summed E-state index contributed by atoms with van der Waals surface area (Å²) in [5.41, 5.74) is 10.3. The fourth-order valence-corrected chi connectivity index (χ4v) is 3.54. The predicted molar refractivity (Wildman–Crippen MR) is 82.3 cm³/mol. The Morgan fingerprint density at radius 1 is 1.26 bits per heavy atom. The topological polar surface area (TPSA) is 29.3 Å². The Morgan fingerprint density at radius 3 is 2.53 bits per heavy atom. The van der Waals surface area contributed by atoms with Gasteiger partial charge in [-0.15, -0.1) is 0 Å². The predicted octanol–water partition coefficient (Wildman–Crippen LogP) is 3.57. The van der Waals surface area contributed by atoms with E-state index in [1.165, 1.54) is 42.4 Å². The Bertz CT molecular complexity index is 408. The summed E-state index contributed by atoms with van der Waals surface area (Å²) in [5.74, 6) is 0. The van der Waals surface area contributed by atoms with E-state index in [0.29, 0.717) is 12.6 Å². The maximum atomic E-state index is 6.13. The normalized spacial score (nSPS) is 18.2. The van der Waals surface area contributed by atoms with Crippen LogP contribution in [0.25, 0.3) is 0 Å². The van der Waals surface area contributed by atoms with Gasteiger partial charge in [-0.3, -0.25) is 4.90 Å². The summed E-state index contributed by atoms with van der Waals surface area (Å²) >= 11 is 0. The van der Waals surface area contributed by atoms with E-state index in [2.05, 4.69) is 43.9 Å². The molecule has 1 aliphatic carbocycles. The lowest BCUT2D eigenvalue weighted by Gasteiger charge is -2.36. The van der Waals surface area contributed by atoms with Gasteiger partial charge in [-0.05, 0) is 49.9 Å². The van der Waals surface area contributed by atoms with Gasteiger partial charge < -0.3 is 5.73 Å². The summed E-state index contributed by atoms with van der Waals surface area (Å²) in [5, 5.41) is 0. The lowest BCUT2D eigenvalue weighted by molar-refractivity contribution is 0.147. The molecular formula is C17H28N2. The minimum absolute atomic E-state index is 0.382. The average Bonchev–Trinajstić information content (AvgIpc) is 2.93. The van der Waals surface area contributed by atoms with E-state index in [9.17, 15) is 0 Å². The van der Waals surface area contributed by atoms with Gasteiger partial charge in [0.05, 0.1) is 0 Å². The van der Waals surface area contributed by atoms with Gasteiger partial charge in [-0.2, -0.15) is 0 Å². The van der Waals surface area contributed by atoms with Crippen LogP contribution in [0.15, 0.2) is 18.2 Å². The maximum absolute atomic E-state index is 6.13. The molecule has 0 radical (unpaired) electrons. The molecule has 0 spiro atoms. The van der Waals surface area contributed by atoms with Gasteiger partial charge >= 0.3 is 0 Å². The van der Waals surface area contributed by atoms with E-state index >= 15 is 0 Å². The zero-order chi connectivity index (χ0) is 13.8. The summed E-state index contributed by atoms with van der Waals surface area (Å²) in [6.07, 6.45) is 5.45. The fourth-order valence-electron chi connectivity index (χ4n) is 3.54. The fraction of sp³-hybridized carbons (Fsp3) is 0.647. The monoisotopic (exact) mass is 260 g/mol. The van der Waals surface area contributed by atoms with Crippen molar-refractivity contribution in [2.75, 3.05) is 13.1 Å². The van der Waals surface area contributed by atoms with Crippen molar-refractivity contribution in [2.45, 2.75) is 58.5 Å². The van der Waals surface area contributed by atoms with Gasteiger partial charge in [0, 0.05) is 18.6 Å². The number of hydrogen-bond donors (Lipinski definition) is 1. The third-order valence-electron chi connectivity index (χ3n) is 4.79. The number of aryl methyl sites for hydroxylation is 1. The van der Waals surface area contributed by atoms with Crippen LogP contribution < -0.4 is 5.73 Å². The van der Waals surface area contributed by atoms with Gasteiger partial charge in [0.1, 0.15) is 0 Å². The first kappa shape index (κ1) is 14.5. The lowest BCUT2D eigenvalue weighted by atomic mass is 9.95. The van der Waals surface area contributed by atoms with Crippen LogP contribution in [0.5, 0.6) is 0 Å². The van der Waals surface area contributed by atoms with Crippen LogP contribution >= 0.6 is 0 Å². The minimum Gasteiger partial charge on any atom is -0.329 e. The number of benzene rings is 1. The van der Waals surface area contributed by atoms with Crippen LogP contribution in [0.2, 0.25) is 0 Å². The molecule has 1 saturated carbocycles. The second-order valence-corrected chi connectivity index (χ2v) is 5.81. The molecule has 2 heteroatoms. The highest BCUT2D eigenvalue weighted by molar-refractivity contribution is 5.35. The van der Waals surface area contributed by atoms with Gasteiger partial charge in [0.25, 0.3) is 0 Å². The Balaban J connectivity index is 2.28. The Morgan fingerprint density at radius 2 is 1.95 bits per heavy atom. The summed E-state index contributed by atoms with van der Waals surface area (Å²) in [4.78, 5) is 2.63. The molecular weight excluding hydrogens is 232 g/mol. The molecule has 0 bridgehead atoms. The molecule has 1 fully saturated rings. The molecule has 0 saturated heterocycles. The summed E-state index contributed by atoms with van der Waals surface area (Å²) in [6.45, 7) is 8.51. The molecule has 2 rings (SSSR count). The average molecular weight is 260 g/mol. The Kier molecular flexibility index (Phi) is 5.00. The molecule has 2 N–H and O–H groups in total. The van der Waals surface area contributed by atoms with Crippen LogP contribution in [0, 0.1) is 13.8 Å². The molecule has 1 atom stereocenters. The summed E-state index contributed by atoms with van der Waals surface area (Å²) in [6, 6.07) is 7.74. The summed E-state index contributed by atoms with van der Waals surface area (Å²) < 4.78 is 0. The van der Waals surface area contributed by atoms with Crippen molar-refractivity contribution < 1.29 is 0 Å². The molecule has 0 heterocycles. The van der Waals surface area contributed by atoms with Crippen molar-refractivity contribution in [2.24, 2.45) is 5.73 Å². The lowest BCUT2D eigenvalue weighted by Crippen LogP contribution is -2.40. The molecule has 2 nitrogen and oxygen atoms in total. The van der Waals surface area contributed by atoms with Crippen LogP contribution in [-0.4, -0.2) is 24.0 Å². The van der Waals surface area contributed by atoms with Crippen molar-refractivity contribution in [3.8, 4) is 0 Å². The number of nitrogens with zero attached hydrogens (tertiary/aromatic N) is 1. The molecule has 0 amide bonds. The van der Waals surface area contributed by atoms with Crippen molar-refractivity contribution in [3.05, 3.63) is 34.9 Å². The van der Waals surface area contributed by atoms with E-state index in [4.69, 9.17) is 5.73 Å². The van der Waals surface area contributed by atoms with E-state index in [1.54, 1.807) is 0 Å². The smallest absolute Gasteiger partial charge is 0.0475 e. The van der Waals surface area contributed by atoms with E-state index in [0.717, 1.165) is 12.6 Å².